The SMILES string of the molecule is C=C(C)B(C)CCC1=CC(C)CC=C1. The van der Waals surface area contributed by atoms with Crippen molar-refractivity contribution >= 4 is 6.71 Å². The van der Waals surface area contributed by atoms with E-state index in [0.29, 0.717) is 6.71 Å². The highest BCUT2D eigenvalue weighted by molar-refractivity contribution is 6.65. The van der Waals surface area contributed by atoms with Crippen LogP contribution in [0.1, 0.15) is 26.7 Å². The van der Waals surface area contributed by atoms with Gasteiger partial charge >= 0.3 is 0 Å². The lowest BCUT2D eigenvalue weighted by Crippen LogP contribution is -2.08. The normalized spacial score (nSPS) is 20.5. The van der Waals surface area contributed by atoms with Crippen LogP contribution in [-0.2, 0) is 0 Å². The average molecular weight is 188 g/mol. The Morgan fingerprint density at radius 1 is 1.64 bits per heavy atom. The van der Waals surface area contributed by atoms with Crippen LogP contribution in [0.4, 0.5) is 0 Å². The maximum absolute atomic E-state index is 4.00. The minimum atomic E-state index is 0.654. The summed E-state index contributed by atoms with van der Waals surface area (Å²) in [7, 11) is 0. The Morgan fingerprint density at radius 2 is 2.36 bits per heavy atom. The van der Waals surface area contributed by atoms with Gasteiger partial charge in [0.1, 0.15) is 0 Å². The van der Waals surface area contributed by atoms with Crippen molar-refractivity contribution in [3.05, 3.63) is 35.9 Å². The second kappa shape index (κ2) is 5.24. The molecule has 0 aromatic heterocycles. The first-order chi connectivity index (χ1) is 6.59. The number of hydrogen-bond acceptors (Lipinski definition) is 0. The molecule has 0 amide bonds. The predicted molar refractivity (Wildman–Crippen MR) is 66.9 cm³/mol. The molecule has 1 unspecified atom stereocenters. The molecule has 76 valence electrons. The average Bonchev–Trinajstić information content (AvgIpc) is 2.14. The molecule has 1 aliphatic carbocycles. The summed E-state index contributed by atoms with van der Waals surface area (Å²) in [5.41, 5.74) is 2.82. The van der Waals surface area contributed by atoms with Gasteiger partial charge in [0.05, 0.1) is 0 Å². The molecule has 0 saturated carbocycles. The summed E-state index contributed by atoms with van der Waals surface area (Å²) in [6.45, 7) is 11.3. The van der Waals surface area contributed by atoms with Gasteiger partial charge in [0, 0.05) is 0 Å². The molecular weight excluding hydrogens is 167 g/mol. The Balaban J connectivity index is 2.38. The highest BCUT2D eigenvalue weighted by Crippen LogP contribution is 2.21. The van der Waals surface area contributed by atoms with Crippen LogP contribution >= 0.6 is 0 Å². The second-order valence-corrected chi connectivity index (χ2v) is 4.64. The minimum Gasteiger partial charge on any atom is -0.111 e. The molecule has 0 radical (unpaired) electrons. The third-order valence-electron chi connectivity index (χ3n) is 3.05. The van der Waals surface area contributed by atoms with Crippen LogP contribution in [0, 0.1) is 5.92 Å². The van der Waals surface area contributed by atoms with Crippen LogP contribution in [0.15, 0.2) is 35.9 Å². The molecule has 0 spiro atoms. The summed E-state index contributed by atoms with van der Waals surface area (Å²) < 4.78 is 0. The summed E-state index contributed by atoms with van der Waals surface area (Å²) in [6, 6.07) is 0. The van der Waals surface area contributed by atoms with Crippen LogP contribution in [-0.4, -0.2) is 6.71 Å². The third kappa shape index (κ3) is 3.57. The van der Waals surface area contributed by atoms with E-state index in [1.54, 1.807) is 0 Å². The topological polar surface area (TPSA) is 0 Å². The van der Waals surface area contributed by atoms with Gasteiger partial charge in [-0.2, -0.15) is 0 Å². The van der Waals surface area contributed by atoms with Gasteiger partial charge in [-0.05, 0) is 18.8 Å². The largest absolute Gasteiger partial charge is 0.166 e. The summed E-state index contributed by atoms with van der Waals surface area (Å²) in [5, 5.41) is 0. The molecular formula is C13H21B. The lowest BCUT2D eigenvalue weighted by atomic mass is 9.44. The van der Waals surface area contributed by atoms with Crippen molar-refractivity contribution in [2.75, 3.05) is 0 Å². The number of hydrogen-bond donors (Lipinski definition) is 0. The lowest BCUT2D eigenvalue weighted by molar-refractivity contribution is 0.723. The number of allylic oxidation sites excluding steroid dienone is 5. The zero-order chi connectivity index (χ0) is 10.6. The van der Waals surface area contributed by atoms with Gasteiger partial charge in [-0.25, -0.2) is 0 Å². The molecule has 0 bridgehead atoms. The van der Waals surface area contributed by atoms with E-state index in [4.69, 9.17) is 0 Å². The maximum atomic E-state index is 4.00. The zero-order valence-corrected chi connectivity index (χ0v) is 9.72. The monoisotopic (exact) mass is 188 g/mol. The fourth-order valence-electron chi connectivity index (χ4n) is 1.72. The number of rotatable bonds is 4. The van der Waals surface area contributed by atoms with Crippen LogP contribution in [0.25, 0.3) is 0 Å². The van der Waals surface area contributed by atoms with Gasteiger partial charge in [0.2, 0.25) is 0 Å². The van der Waals surface area contributed by atoms with Crippen molar-refractivity contribution in [1.82, 2.24) is 0 Å². The molecule has 0 aliphatic heterocycles. The molecule has 0 aromatic carbocycles. The highest BCUT2D eigenvalue weighted by Gasteiger charge is 2.09. The quantitative estimate of drug-likeness (QED) is 0.581. The van der Waals surface area contributed by atoms with E-state index in [2.05, 4.69) is 45.5 Å². The van der Waals surface area contributed by atoms with E-state index >= 15 is 0 Å². The molecule has 14 heavy (non-hydrogen) atoms. The molecule has 1 atom stereocenters. The Morgan fingerprint density at radius 3 is 2.93 bits per heavy atom. The molecule has 1 aliphatic rings. The van der Waals surface area contributed by atoms with Gasteiger partial charge in [-0.15, -0.1) is 12.1 Å². The first-order valence-corrected chi connectivity index (χ1v) is 5.62. The summed E-state index contributed by atoms with van der Waals surface area (Å²) in [6.07, 6.45) is 10.6. The van der Waals surface area contributed by atoms with E-state index in [1.807, 2.05) is 0 Å². The van der Waals surface area contributed by atoms with Crippen molar-refractivity contribution in [3.8, 4) is 0 Å². The first-order valence-electron chi connectivity index (χ1n) is 5.62. The molecule has 0 N–H and O–H groups in total. The fraction of sp³-hybridized carbons (Fsp3) is 0.538. The summed E-state index contributed by atoms with van der Waals surface area (Å²) in [4.78, 5) is 0. The van der Waals surface area contributed by atoms with Crippen molar-refractivity contribution in [1.29, 1.82) is 0 Å². The van der Waals surface area contributed by atoms with Crippen molar-refractivity contribution in [3.63, 3.8) is 0 Å². The van der Waals surface area contributed by atoms with Crippen molar-refractivity contribution in [2.24, 2.45) is 5.92 Å². The Bertz CT molecular complexity index is 260. The first kappa shape index (κ1) is 11.4. The molecule has 0 aromatic rings. The van der Waals surface area contributed by atoms with Crippen molar-refractivity contribution in [2.45, 2.75) is 39.8 Å². The van der Waals surface area contributed by atoms with Crippen LogP contribution in [0.3, 0.4) is 0 Å². The van der Waals surface area contributed by atoms with E-state index in [1.165, 1.54) is 30.2 Å². The Labute approximate surface area is 88.9 Å². The molecule has 0 heterocycles. The highest BCUT2D eigenvalue weighted by atomic mass is 14.1. The summed E-state index contributed by atoms with van der Waals surface area (Å²) in [5.74, 6) is 0.732. The smallest absolute Gasteiger partial charge is 0.111 e. The van der Waals surface area contributed by atoms with Crippen LogP contribution in [0.5, 0.6) is 0 Å². The van der Waals surface area contributed by atoms with E-state index in [9.17, 15) is 0 Å². The molecule has 1 heteroatoms. The van der Waals surface area contributed by atoms with Crippen LogP contribution < -0.4 is 0 Å². The van der Waals surface area contributed by atoms with E-state index in [-0.39, 0.29) is 0 Å². The van der Waals surface area contributed by atoms with Gasteiger partial charge in [-0.1, -0.05) is 50.8 Å². The lowest BCUT2D eigenvalue weighted by Gasteiger charge is -2.13. The second-order valence-electron chi connectivity index (χ2n) is 4.64. The third-order valence-corrected chi connectivity index (χ3v) is 3.05. The molecule has 1 rings (SSSR count). The Hall–Kier alpha value is -0.715. The fourth-order valence-corrected chi connectivity index (χ4v) is 1.72. The molecule has 0 saturated heterocycles. The predicted octanol–water partition coefficient (Wildman–Crippen LogP) is 4.14. The van der Waals surface area contributed by atoms with E-state index in [0.717, 1.165) is 5.92 Å². The summed E-state index contributed by atoms with van der Waals surface area (Å²) >= 11 is 0. The zero-order valence-electron chi connectivity index (χ0n) is 9.72. The van der Waals surface area contributed by atoms with Gasteiger partial charge in [0.15, 0.2) is 6.71 Å². The van der Waals surface area contributed by atoms with Crippen molar-refractivity contribution < 1.29 is 0 Å². The van der Waals surface area contributed by atoms with Gasteiger partial charge < -0.3 is 0 Å². The minimum absolute atomic E-state index is 0.654. The van der Waals surface area contributed by atoms with Crippen LogP contribution in [0.2, 0.25) is 13.1 Å². The molecule has 0 fully saturated rings. The van der Waals surface area contributed by atoms with Gasteiger partial charge in [-0.3, -0.25) is 0 Å². The Kier molecular flexibility index (Phi) is 4.25. The standard InChI is InChI=1S/C13H21B/c1-11(2)14(4)9-8-13-7-5-6-12(3)10-13/h5,7,10,12H,1,6,8-9H2,2-4H3. The maximum Gasteiger partial charge on any atom is 0.166 e. The van der Waals surface area contributed by atoms with Gasteiger partial charge in [0.25, 0.3) is 0 Å². The van der Waals surface area contributed by atoms with E-state index < -0.39 is 0 Å². The molecule has 0 nitrogen and oxygen atoms in total.